The lowest BCUT2D eigenvalue weighted by Gasteiger charge is -2.36. The highest BCUT2D eigenvalue weighted by Gasteiger charge is 2.59. The number of halogens is 2. The molecule has 7 nitrogen and oxygen atoms in total. The van der Waals surface area contributed by atoms with Crippen LogP contribution in [0, 0.1) is 11.2 Å². The zero-order valence-electron chi connectivity index (χ0n) is 25.1. The highest BCUT2D eigenvalue weighted by Crippen LogP contribution is 2.62. The number of alkyl halides is 1. The summed E-state index contributed by atoms with van der Waals surface area (Å²) in [5.41, 5.74) is -0.593. The van der Waals surface area contributed by atoms with Gasteiger partial charge in [0.05, 0.1) is 6.10 Å². The Hall–Kier alpha value is -3.49. The van der Waals surface area contributed by atoms with Crippen molar-refractivity contribution in [1.82, 2.24) is 15.5 Å². The fourth-order valence-corrected chi connectivity index (χ4v) is 6.68. The summed E-state index contributed by atoms with van der Waals surface area (Å²) in [7, 11) is 0. The van der Waals surface area contributed by atoms with E-state index >= 15 is 4.39 Å². The number of anilines is 1. The average molecular weight is 579 g/mol. The number of aromatic nitrogens is 2. The molecule has 0 saturated heterocycles. The smallest absolute Gasteiger partial charge is 0.322 e. The SMILES string of the molecule is CC(C)Oc1ccc(-c2cc(N(CC34CCC(c5noc(C6(F)CC6)n5)(CC3)C4)C(=O)NC(C)(C)C)ccc2F)cc1. The van der Waals surface area contributed by atoms with Crippen molar-refractivity contribution in [2.24, 2.45) is 5.41 Å². The molecule has 9 heteroatoms. The summed E-state index contributed by atoms with van der Waals surface area (Å²) in [5.74, 6) is 1.06. The Bertz CT molecular complexity index is 1470. The Morgan fingerprint density at radius 2 is 1.76 bits per heavy atom. The number of amides is 2. The molecular formula is C33H40F2N4O3. The Labute approximate surface area is 246 Å². The summed E-state index contributed by atoms with van der Waals surface area (Å²) in [6, 6.07) is 12.0. The molecular weight excluding hydrogens is 538 g/mol. The minimum Gasteiger partial charge on any atom is -0.491 e. The van der Waals surface area contributed by atoms with E-state index < -0.39 is 11.2 Å². The van der Waals surface area contributed by atoms with Gasteiger partial charge in [-0.05, 0) is 121 Å². The molecule has 3 aliphatic carbocycles. The standard InChI is InChI=1S/C33H40F2N4O3/c1-21(2)41-24-9-6-22(7-10-24)25-18-23(8-11-26(25)34)39(29(40)37-30(3,4)5)20-31-12-14-32(19-31,15-13-31)27-36-28(42-38-27)33(35)16-17-33/h6-11,18,21H,12-17,19-20H2,1-5H3,(H,37,40). The van der Waals surface area contributed by atoms with Crippen molar-refractivity contribution < 1.29 is 22.8 Å². The van der Waals surface area contributed by atoms with Gasteiger partial charge >= 0.3 is 6.03 Å². The van der Waals surface area contributed by atoms with E-state index in [1.807, 2.05) is 58.9 Å². The molecule has 2 aromatic carbocycles. The number of hydrogen-bond donors (Lipinski definition) is 1. The van der Waals surface area contributed by atoms with Crippen molar-refractivity contribution in [2.75, 3.05) is 11.4 Å². The fourth-order valence-electron chi connectivity index (χ4n) is 6.68. The number of benzene rings is 2. The van der Waals surface area contributed by atoms with Crippen LogP contribution in [0.25, 0.3) is 11.1 Å². The maximum absolute atomic E-state index is 15.2. The highest BCUT2D eigenvalue weighted by molar-refractivity contribution is 5.93. The van der Waals surface area contributed by atoms with E-state index in [1.165, 1.54) is 6.07 Å². The van der Waals surface area contributed by atoms with Gasteiger partial charge in [-0.15, -0.1) is 0 Å². The molecule has 1 heterocycles. The van der Waals surface area contributed by atoms with Gasteiger partial charge in [0.25, 0.3) is 5.89 Å². The van der Waals surface area contributed by atoms with Crippen molar-refractivity contribution in [3.05, 3.63) is 60.0 Å². The van der Waals surface area contributed by atoms with Crippen LogP contribution in [0.4, 0.5) is 19.3 Å². The monoisotopic (exact) mass is 578 g/mol. The predicted octanol–water partition coefficient (Wildman–Crippen LogP) is 7.84. The average Bonchev–Trinajstić information content (AvgIpc) is 3.28. The third kappa shape index (κ3) is 5.50. The van der Waals surface area contributed by atoms with E-state index in [0.717, 1.165) is 32.1 Å². The molecule has 0 spiro atoms. The third-order valence-corrected chi connectivity index (χ3v) is 8.97. The van der Waals surface area contributed by atoms with Gasteiger partial charge in [0.1, 0.15) is 11.6 Å². The van der Waals surface area contributed by atoms with Crippen LogP contribution in [0.3, 0.4) is 0 Å². The molecule has 2 bridgehead atoms. The lowest BCUT2D eigenvalue weighted by molar-refractivity contribution is 0.224. The number of nitrogens with one attached hydrogen (secondary N) is 1. The molecule has 1 N–H and O–H groups in total. The summed E-state index contributed by atoms with van der Waals surface area (Å²) >= 11 is 0. The molecule has 2 amide bonds. The van der Waals surface area contributed by atoms with Crippen LogP contribution >= 0.6 is 0 Å². The summed E-state index contributed by atoms with van der Waals surface area (Å²) in [6.45, 7) is 10.2. The number of carbonyl (C=O) groups excluding carboxylic acids is 1. The molecule has 3 aliphatic rings. The lowest BCUT2D eigenvalue weighted by atomic mass is 9.81. The Balaban J connectivity index is 1.29. The summed E-state index contributed by atoms with van der Waals surface area (Å²) in [6.07, 6.45) is 5.19. The number of urea groups is 1. The number of hydrogen-bond acceptors (Lipinski definition) is 5. The van der Waals surface area contributed by atoms with E-state index in [9.17, 15) is 9.18 Å². The molecule has 3 aromatic rings. The topological polar surface area (TPSA) is 80.5 Å². The van der Waals surface area contributed by atoms with Gasteiger partial charge in [-0.25, -0.2) is 13.6 Å². The zero-order valence-corrected chi connectivity index (χ0v) is 25.1. The van der Waals surface area contributed by atoms with E-state index in [0.29, 0.717) is 47.8 Å². The molecule has 3 fully saturated rings. The maximum Gasteiger partial charge on any atom is 0.322 e. The van der Waals surface area contributed by atoms with E-state index in [1.54, 1.807) is 17.0 Å². The van der Waals surface area contributed by atoms with Crippen LogP contribution in [0.15, 0.2) is 47.0 Å². The summed E-state index contributed by atoms with van der Waals surface area (Å²) in [5, 5.41) is 7.34. The highest BCUT2D eigenvalue weighted by atomic mass is 19.1. The second kappa shape index (κ2) is 10.1. The quantitative estimate of drug-likeness (QED) is 0.295. The van der Waals surface area contributed by atoms with Crippen molar-refractivity contribution in [1.29, 1.82) is 0 Å². The van der Waals surface area contributed by atoms with Gasteiger partial charge in [-0.3, -0.25) is 4.90 Å². The van der Waals surface area contributed by atoms with Crippen LogP contribution in [0.1, 0.15) is 91.3 Å². The molecule has 0 unspecified atom stereocenters. The van der Waals surface area contributed by atoms with Gasteiger partial charge in [0, 0.05) is 28.7 Å². The van der Waals surface area contributed by atoms with Gasteiger partial charge in [-0.1, -0.05) is 17.3 Å². The zero-order chi connectivity index (χ0) is 29.9. The second-order valence-electron chi connectivity index (χ2n) is 14.0. The Kier molecular flexibility index (Phi) is 6.85. The van der Waals surface area contributed by atoms with Crippen molar-refractivity contribution in [2.45, 2.75) is 102 Å². The molecule has 42 heavy (non-hydrogen) atoms. The fraction of sp³-hybridized carbons (Fsp3) is 0.545. The first-order chi connectivity index (χ1) is 19.8. The largest absolute Gasteiger partial charge is 0.491 e. The minimum absolute atomic E-state index is 0.0377. The van der Waals surface area contributed by atoms with Crippen LogP contribution in [0.5, 0.6) is 5.75 Å². The first-order valence-electron chi connectivity index (χ1n) is 15.0. The number of fused-ring (bicyclic) bond motifs is 2. The molecule has 3 saturated carbocycles. The van der Waals surface area contributed by atoms with Crippen molar-refractivity contribution in [3.63, 3.8) is 0 Å². The van der Waals surface area contributed by atoms with E-state index in [-0.39, 0.29) is 34.7 Å². The van der Waals surface area contributed by atoms with E-state index in [2.05, 4.69) is 15.5 Å². The number of nitrogens with zero attached hydrogens (tertiary/aromatic N) is 3. The van der Waals surface area contributed by atoms with E-state index in [4.69, 9.17) is 9.26 Å². The van der Waals surface area contributed by atoms with Gasteiger partial charge in [-0.2, -0.15) is 4.98 Å². The number of carbonyl (C=O) groups is 1. The van der Waals surface area contributed by atoms with Gasteiger partial charge in [0.2, 0.25) is 0 Å². The van der Waals surface area contributed by atoms with Crippen molar-refractivity contribution >= 4 is 11.7 Å². The summed E-state index contributed by atoms with van der Waals surface area (Å²) in [4.78, 5) is 20.1. The first-order valence-corrected chi connectivity index (χ1v) is 15.0. The molecule has 0 atom stereocenters. The van der Waals surface area contributed by atoms with Gasteiger partial charge in [0.15, 0.2) is 11.5 Å². The molecule has 6 rings (SSSR count). The van der Waals surface area contributed by atoms with Crippen LogP contribution in [-0.4, -0.2) is 34.4 Å². The second-order valence-corrected chi connectivity index (χ2v) is 14.0. The Morgan fingerprint density at radius 3 is 2.38 bits per heavy atom. The van der Waals surface area contributed by atoms with Crippen LogP contribution < -0.4 is 15.0 Å². The lowest BCUT2D eigenvalue weighted by Crippen LogP contribution is -2.51. The predicted molar refractivity (Wildman–Crippen MR) is 157 cm³/mol. The summed E-state index contributed by atoms with van der Waals surface area (Å²) < 4.78 is 40.9. The molecule has 0 radical (unpaired) electrons. The van der Waals surface area contributed by atoms with Crippen LogP contribution in [0.2, 0.25) is 0 Å². The maximum atomic E-state index is 15.2. The minimum atomic E-state index is -1.46. The third-order valence-electron chi connectivity index (χ3n) is 8.97. The normalized spacial score (nSPS) is 24.2. The molecule has 0 aliphatic heterocycles. The van der Waals surface area contributed by atoms with Gasteiger partial charge < -0.3 is 14.6 Å². The number of ether oxygens (including phenoxy) is 1. The molecule has 224 valence electrons. The number of rotatable bonds is 8. The Morgan fingerprint density at radius 1 is 1.07 bits per heavy atom. The molecule has 1 aromatic heterocycles. The van der Waals surface area contributed by atoms with Crippen molar-refractivity contribution in [3.8, 4) is 16.9 Å². The van der Waals surface area contributed by atoms with Crippen LogP contribution in [-0.2, 0) is 11.1 Å². The first kappa shape index (κ1) is 28.6.